The lowest BCUT2D eigenvalue weighted by Gasteiger charge is -2.20. The van der Waals surface area contributed by atoms with E-state index >= 15 is 0 Å². The lowest BCUT2D eigenvalue weighted by Crippen LogP contribution is -2.23. The Morgan fingerprint density at radius 1 is 1.05 bits per heavy atom. The van der Waals surface area contributed by atoms with Gasteiger partial charge in [-0.25, -0.2) is 8.78 Å². The summed E-state index contributed by atoms with van der Waals surface area (Å²) in [6, 6.07) is 2.22. The van der Waals surface area contributed by atoms with Crippen molar-refractivity contribution < 1.29 is 13.5 Å². The number of benzene rings is 1. The first-order chi connectivity index (χ1) is 10.1. The fourth-order valence-electron chi connectivity index (χ4n) is 2.56. The molecule has 1 aromatic rings. The zero-order valence-electron chi connectivity index (χ0n) is 13.3. The Kier molecular flexibility index (Phi) is 8.28. The van der Waals surface area contributed by atoms with E-state index in [2.05, 4.69) is 12.2 Å². The van der Waals surface area contributed by atoms with Crippen LogP contribution in [0.15, 0.2) is 12.1 Å². The normalized spacial score (nSPS) is 12.4. The molecule has 0 bridgehead atoms. The molecule has 1 N–H and O–H groups in total. The molecule has 0 radical (unpaired) electrons. The summed E-state index contributed by atoms with van der Waals surface area (Å²) in [5.41, 5.74) is 0.133. The number of hydrogen-bond donors (Lipinski definition) is 1. The molecule has 0 aromatic heterocycles. The number of ether oxygens (including phenoxy) is 1. The van der Waals surface area contributed by atoms with Gasteiger partial charge in [0, 0.05) is 23.7 Å². The Hall–Kier alpha value is -1.16. The van der Waals surface area contributed by atoms with Crippen molar-refractivity contribution in [2.75, 3.05) is 13.7 Å². The summed E-state index contributed by atoms with van der Waals surface area (Å²) in [7, 11) is 1.41. The van der Waals surface area contributed by atoms with Crippen LogP contribution >= 0.6 is 0 Å². The summed E-state index contributed by atoms with van der Waals surface area (Å²) in [5.74, 6) is -0.857. The number of rotatable bonds is 10. The second-order valence-corrected chi connectivity index (χ2v) is 5.32. The number of methoxy groups -OCH3 is 1. The number of hydrogen-bond acceptors (Lipinski definition) is 2. The zero-order chi connectivity index (χ0) is 15.7. The van der Waals surface area contributed by atoms with Crippen LogP contribution in [0.5, 0.6) is 5.75 Å². The minimum Gasteiger partial charge on any atom is -0.497 e. The Balaban J connectivity index is 2.75. The molecule has 1 atom stereocenters. The fourth-order valence-corrected chi connectivity index (χ4v) is 2.56. The van der Waals surface area contributed by atoms with Crippen LogP contribution in [0.4, 0.5) is 8.78 Å². The van der Waals surface area contributed by atoms with Gasteiger partial charge in [-0.15, -0.1) is 0 Å². The maximum Gasteiger partial charge on any atom is 0.134 e. The highest BCUT2D eigenvalue weighted by Gasteiger charge is 2.20. The Bertz CT molecular complexity index is 400. The van der Waals surface area contributed by atoms with Crippen molar-refractivity contribution in [1.82, 2.24) is 5.32 Å². The van der Waals surface area contributed by atoms with Crippen molar-refractivity contribution in [3.63, 3.8) is 0 Å². The van der Waals surface area contributed by atoms with E-state index in [0.717, 1.165) is 19.3 Å². The summed E-state index contributed by atoms with van der Waals surface area (Å²) in [5, 5.41) is 3.19. The molecule has 2 nitrogen and oxygen atoms in total. The molecule has 21 heavy (non-hydrogen) atoms. The summed E-state index contributed by atoms with van der Waals surface area (Å²) in [6.07, 6.45) is 6.42. The SMILES string of the molecule is CCCCCCCC(NCC)c1c(F)cc(OC)cc1F. The van der Waals surface area contributed by atoms with Crippen molar-refractivity contribution in [3.05, 3.63) is 29.3 Å². The summed E-state index contributed by atoms with van der Waals surface area (Å²) in [6.45, 7) is 4.80. The Morgan fingerprint density at radius 3 is 2.19 bits per heavy atom. The third-order valence-electron chi connectivity index (χ3n) is 3.68. The zero-order valence-corrected chi connectivity index (χ0v) is 13.3. The number of unbranched alkanes of at least 4 members (excludes halogenated alkanes) is 4. The number of halogens is 2. The van der Waals surface area contributed by atoms with Crippen molar-refractivity contribution in [2.24, 2.45) is 0 Å². The first-order valence-corrected chi connectivity index (χ1v) is 7.90. The van der Waals surface area contributed by atoms with Crippen molar-refractivity contribution >= 4 is 0 Å². The van der Waals surface area contributed by atoms with Gasteiger partial charge in [-0.3, -0.25) is 0 Å². The molecule has 1 rings (SSSR count). The van der Waals surface area contributed by atoms with E-state index in [4.69, 9.17) is 4.74 Å². The van der Waals surface area contributed by atoms with Gasteiger partial charge in [-0.1, -0.05) is 46.0 Å². The van der Waals surface area contributed by atoms with E-state index in [0.29, 0.717) is 6.54 Å². The van der Waals surface area contributed by atoms with Gasteiger partial charge in [0.15, 0.2) is 0 Å². The van der Waals surface area contributed by atoms with Crippen molar-refractivity contribution in [1.29, 1.82) is 0 Å². The highest BCUT2D eigenvalue weighted by Crippen LogP contribution is 2.29. The van der Waals surface area contributed by atoms with E-state index in [1.165, 1.54) is 38.5 Å². The van der Waals surface area contributed by atoms with Gasteiger partial charge in [0.25, 0.3) is 0 Å². The fraction of sp³-hybridized carbons (Fsp3) is 0.647. The number of nitrogens with one attached hydrogen (secondary N) is 1. The molecule has 0 saturated carbocycles. The van der Waals surface area contributed by atoms with Crippen LogP contribution in [0, 0.1) is 11.6 Å². The molecule has 0 saturated heterocycles. The van der Waals surface area contributed by atoms with Crippen LogP contribution in [0.1, 0.15) is 64.0 Å². The van der Waals surface area contributed by atoms with Crippen LogP contribution in [0.25, 0.3) is 0 Å². The average molecular weight is 299 g/mol. The van der Waals surface area contributed by atoms with Crippen LogP contribution < -0.4 is 10.1 Å². The highest BCUT2D eigenvalue weighted by molar-refractivity contribution is 5.32. The molecule has 0 heterocycles. The van der Waals surface area contributed by atoms with Gasteiger partial charge in [-0.2, -0.15) is 0 Å². The smallest absolute Gasteiger partial charge is 0.134 e. The second kappa shape index (κ2) is 9.72. The van der Waals surface area contributed by atoms with Gasteiger partial charge in [-0.05, 0) is 13.0 Å². The highest BCUT2D eigenvalue weighted by atomic mass is 19.1. The lowest BCUT2D eigenvalue weighted by molar-refractivity contribution is 0.396. The minimum atomic E-state index is -0.536. The third-order valence-corrected chi connectivity index (χ3v) is 3.68. The van der Waals surface area contributed by atoms with Crippen LogP contribution in [0.3, 0.4) is 0 Å². The van der Waals surface area contributed by atoms with E-state index in [1.807, 2.05) is 6.92 Å². The molecule has 1 aromatic carbocycles. The molecule has 0 aliphatic rings. The first-order valence-electron chi connectivity index (χ1n) is 7.90. The van der Waals surface area contributed by atoms with Crippen LogP contribution in [0.2, 0.25) is 0 Å². The molecule has 0 amide bonds. The predicted molar refractivity (Wildman–Crippen MR) is 82.7 cm³/mol. The Morgan fingerprint density at radius 2 is 1.67 bits per heavy atom. The topological polar surface area (TPSA) is 21.3 Å². The van der Waals surface area contributed by atoms with Crippen LogP contribution in [-0.4, -0.2) is 13.7 Å². The summed E-state index contributed by atoms with van der Waals surface area (Å²) < 4.78 is 33.2. The van der Waals surface area contributed by atoms with Gasteiger partial charge < -0.3 is 10.1 Å². The van der Waals surface area contributed by atoms with E-state index in [-0.39, 0.29) is 17.4 Å². The summed E-state index contributed by atoms with van der Waals surface area (Å²) in [4.78, 5) is 0. The predicted octanol–water partition coefficient (Wildman–Crippen LogP) is 4.98. The molecule has 0 aliphatic heterocycles. The molecule has 0 spiro atoms. The van der Waals surface area contributed by atoms with Gasteiger partial charge in [0.1, 0.15) is 17.4 Å². The molecule has 0 fully saturated rings. The lowest BCUT2D eigenvalue weighted by atomic mass is 9.98. The Labute approximate surface area is 126 Å². The molecule has 120 valence electrons. The quantitative estimate of drug-likeness (QED) is 0.615. The monoisotopic (exact) mass is 299 g/mol. The molecule has 1 unspecified atom stereocenters. The third kappa shape index (κ3) is 5.62. The molecule has 4 heteroatoms. The molecular weight excluding hydrogens is 272 g/mol. The van der Waals surface area contributed by atoms with Gasteiger partial charge in [0.05, 0.1) is 7.11 Å². The largest absolute Gasteiger partial charge is 0.497 e. The first kappa shape index (κ1) is 17.9. The van der Waals surface area contributed by atoms with E-state index in [1.54, 1.807) is 0 Å². The van der Waals surface area contributed by atoms with Gasteiger partial charge >= 0.3 is 0 Å². The van der Waals surface area contributed by atoms with Crippen molar-refractivity contribution in [3.8, 4) is 5.75 Å². The minimum absolute atomic E-state index is 0.133. The summed E-state index contributed by atoms with van der Waals surface area (Å²) >= 11 is 0. The van der Waals surface area contributed by atoms with E-state index < -0.39 is 11.6 Å². The average Bonchev–Trinajstić information content (AvgIpc) is 2.46. The van der Waals surface area contributed by atoms with E-state index in [9.17, 15) is 8.78 Å². The molecular formula is C17H27F2NO. The second-order valence-electron chi connectivity index (χ2n) is 5.32. The standard InChI is InChI=1S/C17H27F2NO/c1-4-6-7-8-9-10-16(20-5-2)17-14(18)11-13(21-3)12-15(17)19/h11-12,16,20H,4-10H2,1-3H3. The molecule has 0 aliphatic carbocycles. The van der Waals surface area contributed by atoms with Crippen molar-refractivity contribution in [2.45, 2.75) is 58.4 Å². The van der Waals surface area contributed by atoms with Gasteiger partial charge in [0.2, 0.25) is 0 Å². The maximum absolute atomic E-state index is 14.1. The maximum atomic E-state index is 14.1. The van der Waals surface area contributed by atoms with Crippen LogP contribution in [-0.2, 0) is 0 Å².